The molecule has 2 heteroatoms. The first-order valence-electron chi connectivity index (χ1n) is 9.30. The number of aliphatic hydroxyl groups is 1. The second-order valence-electron chi connectivity index (χ2n) is 6.16. The van der Waals surface area contributed by atoms with Crippen molar-refractivity contribution in [1.82, 2.24) is 5.32 Å². The van der Waals surface area contributed by atoms with E-state index in [-0.39, 0.29) is 6.61 Å². The summed E-state index contributed by atoms with van der Waals surface area (Å²) in [4.78, 5) is 0. The third-order valence-electron chi connectivity index (χ3n) is 4.15. The van der Waals surface area contributed by atoms with Crippen LogP contribution in [0.15, 0.2) is 12.2 Å². The molecule has 0 bridgehead atoms. The Kier molecular flexibility index (Phi) is 17.4. The van der Waals surface area contributed by atoms with E-state index < -0.39 is 0 Å². The van der Waals surface area contributed by atoms with Crippen molar-refractivity contribution in [2.75, 3.05) is 13.7 Å². The van der Waals surface area contributed by atoms with E-state index in [4.69, 9.17) is 5.11 Å². The fourth-order valence-electron chi connectivity index (χ4n) is 2.66. The van der Waals surface area contributed by atoms with Crippen LogP contribution in [0.1, 0.15) is 90.4 Å². The molecular weight excluding hydrogens is 258 g/mol. The highest BCUT2D eigenvalue weighted by Crippen LogP contribution is 2.12. The van der Waals surface area contributed by atoms with Crippen molar-refractivity contribution in [2.45, 2.75) is 96.4 Å². The van der Waals surface area contributed by atoms with Crippen LogP contribution in [0.5, 0.6) is 0 Å². The van der Waals surface area contributed by atoms with Gasteiger partial charge < -0.3 is 10.4 Å². The summed E-state index contributed by atoms with van der Waals surface area (Å²) in [6.07, 6.45) is 21.9. The van der Waals surface area contributed by atoms with E-state index in [0.717, 1.165) is 6.42 Å². The van der Waals surface area contributed by atoms with Crippen molar-refractivity contribution in [3.05, 3.63) is 12.2 Å². The molecule has 0 aromatic carbocycles. The van der Waals surface area contributed by atoms with Gasteiger partial charge >= 0.3 is 0 Å². The van der Waals surface area contributed by atoms with Crippen molar-refractivity contribution >= 4 is 0 Å². The van der Waals surface area contributed by atoms with Gasteiger partial charge in [0.1, 0.15) is 0 Å². The maximum Gasteiger partial charge on any atom is 0.0448 e. The fourth-order valence-corrected chi connectivity index (χ4v) is 2.66. The Morgan fingerprint density at radius 3 is 1.86 bits per heavy atom. The average molecular weight is 298 g/mol. The number of unbranched alkanes of at least 4 members (excludes halogenated alkanes) is 11. The largest absolute Gasteiger partial charge is 0.396 e. The predicted octanol–water partition coefficient (Wildman–Crippen LogP) is 5.21. The topological polar surface area (TPSA) is 32.3 Å². The molecule has 0 rings (SSSR count). The molecule has 0 aromatic heterocycles. The molecule has 0 spiro atoms. The van der Waals surface area contributed by atoms with Gasteiger partial charge in [-0.1, -0.05) is 83.3 Å². The Hall–Kier alpha value is -0.340. The lowest BCUT2D eigenvalue weighted by Crippen LogP contribution is -2.23. The second-order valence-corrected chi connectivity index (χ2v) is 6.16. The van der Waals surface area contributed by atoms with Crippen LogP contribution in [0.25, 0.3) is 0 Å². The van der Waals surface area contributed by atoms with Crippen LogP contribution in [0, 0.1) is 0 Å². The molecule has 0 aromatic rings. The zero-order chi connectivity index (χ0) is 15.6. The third kappa shape index (κ3) is 15.9. The molecule has 0 fully saturated rings. The van der Waals surface area contributed by atoms with Gasteiger partial charge in [-0.15, -0.1) is 0 Å². The Labute approximate surface area is 133 Å². The summed E-state index contributed by atoms with van der Waals surface area (Å²) in [5.41, 5.74) is 0. The summed E-state index contributed by atoms with van der Waals surface area (Å²) < 4.78 is 0. The number of rotatable bonds is 16. The molecule has 2 nitrogen and oxygen atoms in total. The molecule has 21 heavy (non-hydrogen) atoms. The van der Waals surface area contributed by atoms with E-state index in [2.05, 4.69) is 24.4 Å². The number of allylic oxidation sites excluding steroid dienone is 1. The molecule has 2 N–H and O–H groups in total. The fraction of sp³-hybridized carbons (Fsp3) is 0.895. The number of nitrogens with one attached hydrogen (secondary N) is 1. The van der Waals surface area contributed by atoms with E-state index >= 15 is 0 Å². The molecular formula is C19H39NO. The molecule has 1 atom stereocenters. The summed E-state index contributed by atoms with van der Waals surface area (Å²) in [6.45, 7) is 2.54. The van der Waals surface area contributed by atoms with Crippen molar-refractivity contribution in [3.8, 4) is 0 Å². The van der Waals surface area contributed by atoms with Gasteiger partial charge in [-0.05, 0) is 26.3 Å². The van der Waals surface area contributed by atoms with Gasteiger partial charge in [0.05, 0.1) is 0 Å². The van der Waals surface area contributed by atoms with Crippen molar-refractivity contribution in [2.24, 2.45) is 0 Å². The van der Waals surface area contributed by atoms with Gasteiger partial charge in [0.15, 0.2) is 0 Å². The molecule has 0 aliphatic heterocycles. The smallest absolute Gasteiger partial charge is 0.0448 e. The van der Waals surface area contributed by atoms with E-state index in [0.29, 0.717) is 6.04 Å². The lowest BCUT2D eigenvalue weighted by molar-refractivity contribution is 0.277. The second kappa shape index (κ2) is 17.7. The lowest BCUT2D eigenvalue weighted by atomic mass is 10.0. The monoisotopic (exact) mass is 297 g/mol. The molecule has 0 radical (unpaired) electrons. The Morgan fingerprint density at radius 2 is 1.38 bits per heavy atom. The molecule has 0 saturated heterocycles. The highest BCUT2D eigenvalue weighted by atomic mass is 16.3. The van der Waals surface area contributed by atoms with Crippen molar-refractivity contribution < 1.29 is 5.11 Å². The highest BCUT2D eigenvalue weighted by molar-refractivity contribution is 4.92. The normalized spacial score (nSPS) is 13.1. The summed E-state index contributed by atoms with van der Waals surface area (Å²) in [5.74, 6) is 0. The molecule has 1 unspecified atom stereocenters. The van der Waals surface area contributed by atoms with Gasteiger partial charge in [0, 0.05) is 12.6 Å². The molecule has 0 heterocycles. The zero-order valence-electron chi connectivity index (χ0n) is 14.6. The quantitative estimate of drug-likeness (QED) is 0.302. The number of aliphatic hydroxyl groups excluding tert-OH is 1. The summed E-state index contributed by atoms with van der Waals surface area (Å²) in [5, 5.41) is 12.1. The van der Waals surface area contributed by atoms with Gasteiger partial charge in [0.2, 0.25) is 0 Å². The predicted molar refractivity (Wildman–Crippen MR) is 94.8 cm³/mol. The van der Waals surface area contributed by atoms with Crippen molar-refractivity contribution in [3.63, 3.8) is 0 Å². The summed E-state index contributed by atoms with van der Waals surface area (Å²) >= 11 is 0. The Balaban J connectivity index is 3.20. The van der Waals surface area contributed by atoms with Crippen LogP contribution in [-0.4, -0.2) is 24.8 Å². The SMILES string of the molecule is CCCCCCCCCCCCC/C=C/C(CCO)NC. The standard InChI is InChI=1S/C19H39NO/c1-3-4-5-6-7-8-9-10-11-12-13-14-15-16-19(20-2)17-18-21/h15-16,19-21H,3-14,17-18H2,1-2H3/b16-15+. The van der Waals surface area contributed by atoms with E-state index in [1.165, 1.54) is 77.0 Å². The minimum absolute atomic E-state index is 0.258. The molecule has 0 aliphatic rings. The maximum absolute atomic E-state index is 8.90. The first-order valence-corrected chi connectivity index (χ1v) is 9.30. The first kappa shape index (κ1) is 20.7. The summed E-state index contributed by atoms with van der Waals surface area (Å²) in [6, 6.07) is 0.336. The van der Waals surface area contributed by atoms with Gasteiger partial charge in [0.25, 0.3) is 0 Å². The minimum Gasteiger partial charge on any atom is -0.396 e. The van der Waals surface area contributed by atoms with Gasteiger partial charge in [-0.25, -0.2) is 0 Å². The van der Waals surface area contributed by atoms with E-state index in [9.17, 15) is 0 Å². The lowest BCUT2D eigenvalue weighted by Gasteiger charge is -2.08. The van der Waals surface area contributed by atoms with Crippen LogP contribution >= 0.6 is 0 Å². The molecule has 0 aliphatic carbocycles. The van der Waals surface area contributed by atoms with E-state index in [1.807, 2.05) is 7.05 Å². The zero-order valence-corrected chi connectivity index (χ0v) is 14.6. The van der Waals surface area contributed by atoms with Gasteiger partial charge in [-0.2, -0.15) is 0 Å². The van der Waals surface area contributed by atoms with Gasteiger partial charge in [-0.3, -0.25) is 0 Å². The third-order valence-corrected chi connectivity index (χ3v) is 4.15. The molecule has 0 amide bonds. The highest BCUT2D eigenvalue weighted by Gasteiger charge is 1.98. The number of hydrogen-bond donors (Lipinski definition) is 2. The number of likely N-dealkylation sites (N-methyl/N-ethyl adjacent to an activating group) is 1. The first-order chi connectivity index (χ1) is 10.3. The van der Waals surface area contributed by atoms with Crippen LogP contribution in [0.4, 0.5) is 0 Å². The van der Waals surface area contributed by atoms with Crippen molar-refractivity contribution in [1.29, 1.82) is 0 Å². The average Bonchev–Trinajstić information content (AvgIpc) is 2.50. The van der Waals surface area contributed by atoms with Crippen LogP contribution in [-0.2, 0) is 0 Å². The minimum atomic E-state index is 0.258. The van der Waals surface area contributed by atoms with Crippen LogP contribution in [0.3, 0.4) is 0 Å². The number of hydrogen-bond acceptors (Lipinski definition) is 2. The Bertz CT molecular complexity index is 216. The molecule has 0 saturated carbocycles. The van der Waals surface area contributed by atoms with E-state index in [1.54, 1.807) is 0 Å². The molecule has 126 valence electrons. The van der Waals surface area contributed by atoms with Crippen LogP contribution < -0.4 is 5.32 Å². The Morgan fingerprint density at radius 1 is 0.857 bits per heavy atom. The maximum atomic E-state index is 8.90. The van der Waals surface area contributed by atoms with Crippen LogP contribution in [0.2, 0.25) is 0 Å². The summed E-state index contributed by atoms with van der Waals surface area (Å²) in [7, 11) is 1.95.